The highest BCUT2D eigenvalue weighted by atomic mass is 16.5. The van der Waals surface area contributed by atoms with Crippen LogP contribution in [0.4, 0.5) is 4.79 Å². The average Bonchev–Trinajstić information content (AvgIpc) is 3.16. The molecule has 0 aliphatic carbocycles. The normalized spacial score (nSPS) is 27.8. The van der Waals surface area contributed by atoms with Gasteiger partial charge in [0.2, 0.25) is 5.91 Å². The number of carbonyl (C=O) groups is 2. The predicted molar refractivity (Wildman–Crippen MR) is 112 cm³/mol. The summed E-state index contributed by atoms with van der Waals surface area (Å²) in [6.45, 7) is 4.77. The van der Waals surface area contributed by atoms with E-state index in [1.54, 1.807) is 0 Å². The number of amides is 3. The molecule has 1 unspecified atom stereocenters. The first-order valence-corrected chi connectivity index (χ1v) is 10.8. The molecule has 8 heteroatoms. The summed E-state index contributed by atoms with van der Waals surface area (Å²) >= 11 is 0. The number of nitrogens with zero attached hydrogens (tertiary/aromatic N) is 3. The molecule has 3 saturated heterocycles. The van der Waals surface area contributed by atoms with Gasteiger partial charge in [0.15, 0.2) is 11.5 Å². The lowest BCUT2D eigenvalue weighted by Gasteiger charge is -2.49. The molecule has 3 aliphatic heterocycles. The van der Waals surface area contributed by atoms with Gasteiger partial charge in [0, 0.05) is 34.0 Å². The Labute approximate surface area is 177 Å². The Morgan fingerprint density at radius 1 is 1.27 bits per heavy atom. The molecular weight excluding hydrogens is 384 g/mol. The largest absolute Gasteiger partial charge is 0.441 e. The van der Waals surface area contributed by atoms with Gasteiger partial charge in [0.05, 0.1) is 11.6 Å². The van der Waals surface area contributed by atoms with Crippen LogP contribution in [0.2, 0.25) is 0 Å². The summed E-state index contributed by atoms with van der Waals surface area (Å²) in [6.07, 6.45) is 3.43. The van der Waals surface area contributed by atoms with Crippen molar-refractivity contribution in [2.75, 3.05) is 32.8 Å². The molecule has 8 nitrogen and oxygen atoms in total. The van der Waals surface area contributed by atoms with Crippen molar-refractivity contribution in [1.29, 1.82) is 0 Å². The highest BCUT2D eigenvalue weighted by molar-refractivity contribution is 5.79. The molecule has 0 spiro atoms. The van der Waals surface area contributed by atoms with Gasteiger partial charge in [-0.1, -0.05) is 12.1 Å². The molecule has 1 aromatic carbocycles. The van der Waals surface area contributed by atoms with Gasteiger partial charge in [-0.2, -0.15) is 0 Å². The number of hydrogen-bond donors (Lipinski definition) is 1. The summed E-state index contributed by atoms with van der Waals surface area (Å²) in [4.78, 5) is 33.2. The second-order valence-electron chi connectivity index (χ2n) is 8.91. The monoisotopic (exact) mass is 414 g/mol. The first-order valence-electron chi connectivity index (χ1n) is 10.8. The van der Waals surface area contributed by atoms with Crippen LogP contribution in [0.3, 0.4) is 0 Å². The number of piperidine rings is 2. The number of likely N-dealkylation sites (tertiary alicyclic amines) is 2. The molecular formula is C22H30N4O4. The lowest BCUT2D eigenvalue weighted by atomic mass is 9.87. The van der Waals surface area contributed by atoms with E-state index in [4.69, 9.17) is 9.15 Å². The zero-order chi connectivity index (χ0) is 20.7. The molecule has 162 valence electrons. The quantitative estimate of drug-likeness (QED) is 0.815. The second-order valence-corrected chi connectivity index (χ2v) is 8.91. The average molecular weight is 415 g/mol. The van der Waals surface area contributed by atoms with Crippen molar-refractivity contribution in [3.8, 4) is 0 Å². The molecule has 5 rings (SSSR count). The Hall–Kier alpha value is -2.61. The Kier molecular flexibility index (Phi) is 4.89. The number of nitrogens with one attached hydrogen (secondary N) is 1. The van der Waals surface area contributed by atoms with Gasteiger partial charge in [-0.05, 0) is 44.2 Å². The lowest BCUT2D eigenvalue weighted by molar-refractivity contribution is -0.156. The zero-order valence-electron chi connectivity index (χ0n) is 17.3. The number of urea groups is 1. The molecule has 30 heavy (non-hydrogen) atoms. The molecule has 2 aromatic rings. The van der Waals surface area contributed by atoms with Crippen LogP contribution in [-0.2, 0) is 16.0 Å². The van der Waals surface area contributed by atoms with Gasteiger partial charge in [0.1, 0.15) is 12.1 Å². The number of hydrogen-bond acceptors (Lipinski definition) is 5. The maximum Gasteiger partial charge on any atom is 0.320 e. The number of benzene rings is 1. The summed E-state index contributed by atoms with van der Waals surface area (Å²) in [5.41, 5.74) is 1.35. The summed E-state index contributed by atoms with van der Waals surface area (Å²) in [5.74, 6) is 1.15. The summed E-state index contributed by atoms with van der Waals surface area (Å²) in [6, 6.07) is 7.75. The summed E-state index contributed by atoms with van der Waals surface area (Å²) in [7, 11) is 0. The Bertz CT molecular complexity index is 925. The first-order chi connectivity index (χ1) is 14.5. The van der Waals surface area contributed by atoms with Crippen LogP contribution >= 0.6 is 0 Å². The number of oxazole rings is 1. The summed E-state index contributed by atoms with van der Waals surface area (Å²) < 4.78 is 11.6. The fourth-order valence-electron chi connectivity index (χ4n) is 4.83. The topological polar surface area (TPSA) is 87.9 Å². The minimum atomic E-state index is -0.378. The van der Waals surface area contributed by atoms with E-state index < -0.39 is 0 Å². The van der Waals surface area contributed by atoms with Crippen LogP contribution in [0, 0.1) is 5.92 Å². The SMILES string of the molecule is CC12CCN(C(=O)N3CCC(Cc4nc5ccccc5o4)CC3)C[C@H]1NC(=O)CO2.[HH]. The van der Waals surface area contributed by atoms with Crippen LogP contribution in [-0.4, -0.2) is 71.2 Å². The van der Waals surface area contributed by atoms with Gasteiger partial charge in [0.25, 0.3) is 0 Å². The molecule has 1 N–H and O–H groups in total. The highest BCUT2D eigenvalue weighted by Crippen LogP contribution is 2.30. The molecule has 3 amide bonds. The summed E-state index contributed by atoms with van der Waals surface area (Å²) in [5, 5.41) is 3.00. The number of morpholine rings is 1. The Morgan fingerprint density at radius 3 is 2.87 bits per heavy atom. The molecule has 1 aromatic heterocycles. The number of ether oxygens (including phenoxy) is 1. The minimum absolute atomic E-state index is 0. The van der Waals surface area contributed by atoms with E-state index in [2.05, 4.69) is 10.3 Å². The van der Waals surface area contributed by atoms with Crippen molar-refractivity contribution in [3.63, 3.8) is 0 Å². The second kappa shape index (κ2) is 7.58. The van der Waals surface area contributed by atoms with E-state index in [9.17, 15) is 9.59 Å². The van der Waals surface area contributed by atoms with E-state index in [1.807, 2.05) is 41.0 Å². The van der Waals surface area contributed by atoms with Crippen molar-refractivity contribution in [1.82, 2.24) is 20.1 Å². The van der Waals surface area contributed by atoms with E-state index in [0.717, 1.165) is 55.8 Å². The van der Waals surface area contributed by atoms with E-state index in [0.29, 0.717) is 19.0 Å². The maximum atomic E-state index is 13.1. The highest BCUT2D eigenvalue weighted by Gasteiger charge is 2.46. The third-order valence-electron chi connectivity index (χ3n) is 6.84. The fourth-order valence-corrected chi connectivity index (χ4v) is 4.83. The first kappa shape index (κ1) is 19.4. The smallest absolute Gasteiger partial charge is 0.320 e. The van der Waals surface area contributed by atoms with Crippen LogP contribution < -0.4 is 5.32 Å². The number of rotatable bonds is 2. The number of para-hydroxylation sites is 2. The van der Waals surface area contributed by atoms with Gasteiger partial charge in [-0.15, -0.1) is 0 Å². The van der Waals surface area contributed by atoms with Crippen LogP contribution in [0.1, 0.15) is 33.5 Å². The minimum Gasteiger partial charge on any atom is -0.441 e. The lowest BCUT2D eigenvalue weighted by Crippen LogP contribution is -2.67. The molecule has 3 aliphatic rings. The Morgan fingerprint density at radius 2 is 2.07 bits per heavy atom. The zero-order valence-corrected chi connectivity index (χ0v) is 17.3. The van der Waals surface area contributed by atoms with Crippen molar-refractivity contribution in [2.24, 2.45) is 5.92 Å². The molecule has 4 heterocycles. The van der Waals surface area contributed by atoms with E-state index in [-0.39, 0.29) is 31.6 Å². The third kappa shape index (κ3) is 3.64. The molecule has 3 fully saturated rings. The standard InChI is InChI=1S/C22H28N4O4.H2/c1-22-8-11-26(13-18(22)24-19(27)14-29-22)21(28)25-9-6-15(7-10-25)12-20-23-16-4-2-3-5-17(16)30-20;/h2-5,15,18H,6-14H2,1H3,(H,24,27);1H/t18-,22?;/m1./s1. The van der Waals surface area contributed by atoms with Crippen molar-refractivity contribution >= 4 is 23.0 Å². The van der Waals surface area contributed by atoms with Crippen molar-refractivity contribution in [2.45, 2.75) is 44.2 Å². The molecule has 2 atom stereocenters. The fraction of sp³-hybridized carbons (Fsp3) is 0.591. The Balaban J connectivity index is 0.00000231. The number of fused-ring (bicyclic) bond motifs is 2. The maximum absolute atomic E-state index is 13.1. The molecule has 0 saturated carbocycles. The van der Waals surface area contributed by atoms with Crippen molar-refractivity contribution < 1.29 is 20.2 Å². The number of carbonyl (C=O) groups excluding carboxylic acids is 2. The van der Waals surface area contributed by atoms with Crippen LogP contribution in [0.25, 0.3) is 11.1 Å². The predicted octanol–water partition coefficient (Wildman–Crippen LogP) is 2.43. The van der Waals surface area contributed by atoms with Crippen LogP contribution in [0.5, 0.6) is 0 Å². The third-order valence-corrected chi connectivity index (χ3v) is 6.84. The van der Waals surface area contributed by atoms with E-state index >= 15 is 0 Å². The van der Waals surface area contributed by atoms with Gasteiger partial charge in [-0.3, -0.25) is 4.79 Å². The van der Waals surface area contributed by atoms with E-state index in [1.165, 1.54) is 0 Å². The van der Waals surface area contributed by atoms with Gasteiger partial charge < -0.3 is 24.3 Å². The van der Waals surface area contributed by atoms with Gasteiger partial charge in [-0.25, -0.2) is 9.78 Å². The molecule has 0 bridgehead atoms. The van der Waals surface area contributed by atoms with Crippen molar-refractivity contribution in [3.05, 3.63) is 30.2 Å². The van der Waals surface area contributed by atoms with Crippen LogP contribution in [0.15, 0.2) is 28.7 Å². The number of aromatic nitrogens is 1. The molecule has 0 radical (unpaired) electrons. The van der Waals surface area contributed by atoms with Gasteiger partial charge >= 0.3 is 6.03 Å².